The third kappa shape index (κ3) is 2.68. The third-order valence-electron chi connectivity index (χ3n) is 6.07. The SMILES string of the molecule is COc1ccc(C2Cc3cc(OC)ccc3C3CCCCC23)cc1. The number of fused-ring (bicyclic) bond motifs is 3. The molecule has 2 nitrogen and oxygen atoms in total. The van der Waals surface area contributed by atoms with Gasteiger partial charge in [-0.15, -0.1) is 0 Å². The largest absolute Gasteiger partial charge is 0.497 e. The Morgan fingerprint density at radius 1 is 0.792 bits per heavy atom. The normalized spacial score (nSPS) is 25.5. The van der Waals surface area contributed by atoms with E-state index in [2.05, 4.69) is 42.5 Å². The Morgan fingerprint density at radius 2 is 1.50 bits per heavy atom. The van der Waals surface area contributed by atoms with Gasteiger partial charge >= 0.3 is 0 Å². The molecule has 2 aromatic carbocycles. The molecule has 3 atom stereocenters. The molecule has 0 N–H and O–H groups in total. The van der Waals surface area contributed by atoms with Crippen molar-refractivity contribution in [1.82, 2.24) is 0 Å². The lowest BCUT2D eigenvalue weighted by atomic mass is 9.61. The zero-order chi connectivity index (χ0) is 16.5. The minimum absolute atomic E-state index is 0.612. The van der Waals surface area contributed by atoms with Crippen molar-refractivity contribution in [3.05, 3.63) is 59.2 Å². The summed E-state index contributed by atoms with van der Waals surface area (Å²) in [6.07, 6.45) is 6.55. The van der Waals surface area contributed by atoms with Crippen LogP contribution < -0.4 is 9.47 Å². The predicted molar refractivity (Wildman–Crippen MR) is 97.1 cm³/mol. The first-order chi connectivity index (χ1) is 11.8. The summed E-state index contributed by atoms with van der Waals surface area (Å²) >= 11 is 0. The molecule has 0 aliphatic heterocycles. The average molecular weight is 322 g/mol. The Balaban J connectivity index is 1.73. The van der Waals surface area contributed by atoms with Gasteiger partial charge in [-0.2, -0.15) is 0 Å². The monoisotopic (exact) mass is 322 g/mol. The highest BCUT2D eigenvalue weighted by Crippen LogP contribution is 2.51. The van der Waals surface area contributed by atoms with Crippen LogP contribution in [0, 0.1) is 5.92 Å². The highest BCUT2D eigenvalue weighted by Gasteiger charge is 2.38. The number of methoxy groups -OCH3 is 2. The Morgan fingerprint density at radius 3 is 2.25 bits per heavy atom. The van der Waals surface area contributed by atoms with E-state index in [1.54, 1.807) is 19.8 Å². The second-order valence-corrected chi connectivity index (χ2v) is 7.20. The van der Waals surface area contributed by atoms with E-state index >= 15 is 0 Å². The molecule has 0 aromatic heterocycles. The fourth-order valence-electron chi connectivity index (χ4n) is 4.88. The van der Waals surface area contributed by atoms with Crippen LogP contribution in [0.2, 0.25) is 0 Å². The van der Waals surface area contributed by atoms with Gasteiger partial charge < -0.3 is 9.47 Å². The van der Waals surface area contributed by atoms with Gasteiger partial charge in [0, 0.05) is 0 Å². The number of hydrogen-bond donors (Lipinski definition) is 0. The number of ether oxygens (including phenoxy) is 2. The van der Waals surface area contributed by atoms with Gasteiger partial charge in [0.05, 0.1) is 14.2 Å². The third-order valence-corrected chi connectivity index (χ3v) is 6.07. The van der Waals surface area contributed by atoms with Crippen LogP contribution in [0.3, 0.4) is 0 Å². The molecule has 4 rings (SSSR count). The van der Waals surface area contributed by atoms with Crippen LogP contribution in [0.25, 0.3) is 0 Å². The van der Waals surface area contributed by atoms with Crippen molar-refractivity contribution >= 4 is 0 Å². The van der Waals surface area contributed by atoms with Crippen LogP contribution >= 0.6 is 0 Å². The van der Waals surface area contributed by atoms with Crippen molar-refractivity contribution in [3.8, 4) is 11.5 Å². The van der Waals surface area contributed by atoms with Crippen molar-refractivity contribution in [2.45, 2.75) is 43.9 Å². The second kappa shape index (κ2) is 6.51. The summed E-state index contributed by atoms with van der Waals surface area (Å²) in [7, 11) is 3.49. The van der Waals surface area contributed by atoms with Crippen molar-refractivity contribution in [1.29, 1.82) is 0 Å². The van der Waals surface area contributed by atoms with Crippen LogP contribution in [0.1, 0.15) is 54.2 Å². The molecule has 2 aliphatic rings. The fraction of sp³-hybridized carbons (Fsp3) is 0.455. The first-order valence-corrected chi connectivity index (χ1v) is 9.11. The number of rotatable bonds is 3. The van der Waals surface area contributed by atoms with E-state index in [0.717, 1.165) is 23.8 Å². The van der Waals surface area contributed by atoms with Gasteiger partial charge in [0.2, 0.25) is 0 Å². The standard InChI is InChI=1S/C22H26O2/c1-23-17-9-7-15(8-10-17)22-14-16-13-18(24-2)11-12-19(16)20-5-3-4-6-21(20)22/h7-13,20-22H,3-6,14H2,1-2H3. The minimum Gasteiger partial charge on any atom is -0.497 e. The zero-order valence-corrected chi connectivity index (χ0v) is 14.6. The van der Waals surface area contributed by atoms with E-state index in [9.17, 15) is 0 Å². The molecule has 2 heteroatoms. The maximum Gasteiger partial charge on any atom is 0.119 e. The fourth-order valence-corrected chi connectivity index (χ4v) is 4.88. The van der Waals surface area contributed by atoms with E-state index in [1.165, 1.54) is 36.8 Å². The summed E-state index contributed by atoms with van der Waals surface area (Å²) in [4.78, 5) is 0. The minimum atomic E-state index is 0.612. The lowest BCUT2D eigenvalue weighted by Crippen LogP contribution is -2.30. The maximum atomic E-state index is 5.47. The maximum absolute atomic E-state index is 5.47. The summed E-state index contributed by atoms with van der Waals surface area (Å²) < 4.78 is 10.8. The van der Waals surface area contributed by atoms with Gasteiger partial charge in [0.1, 0.15) is 11.5 Å². The Labute approximate surface area is 144 Å². The molecule has 1 saturated carbocycles. The lowest BCUT2D eigenvalue weighted by molar-refractivity contribution is 0.243. The topological polar surface area (TPSA) is 18.5 Å². The Hall–Kier alpha value is -1.96. The van der Waals surface area contributed by atoms with Gasteiger partial charge in [-0.05, 0) is 78.0 Å². The summed E-state index contributed by atoms with van der Waals surface area (Å²) in [6, 6.07) is 15.5. The van der Waals surface area contributed by atoms with Crippen LogP contribution in [0.4, 0.5) is 0 Å². The van der Waals surface area contributed by atoms with E-state index in [4.69, 9.17) is 9.47 Å². The molecule has 0 saturated heterocycles. The number of hydrogen-bond acceptors (Lipinski definition) is 2. The van der Waals surface area contributed by atoms with E-state index in [1.807, 2.05) is 0 Å². The van der Waals surface area contributed by atoms with Gasteiger partial charge in [0.25, 0.3) is 0 Å². The van der Waals surface area contributed by atoms with Gasteiger partial charge in [0.15, 0.2) is 0 Å². The molecule has 0 amide bonds. The molecule has 0 spiro atoms. The molecule has 1 fully saturated rings. The molecule has 2 aromatic rings. The molecule has 2 aliphatic carbocycles. The van der Waals surface area contributed by atoms with Crippen molar-refractivity contribution in [2.24, 2.45) is 5.92 Å². The molecule has 0 heterocycles. The molecular formula is C22H26O2. The van der Waals surface area contributed by atoms with Crippen molar-refractivity contribution in [2.75, 3.05) is 14.2 Å². The summed E-state index contributed by atoms with van der Waals surface area (Å²) in [5.74, 6) is 4.02. The van der Waals surface area contributed by atoms with Gasteiger partial charge in [-0.3, -0.25) is 0 Å². The quantitative estimate of drug-likeness (QED) is 0.761. The summed E-state index contributed by atoms with van der Waals surface area (Å²) in [6.45, 7) is 0. The molecule has 126 valence electrons. The average Bonchev–Trinajstić information content (AvgIpc) is 2.67. The first kappa shape index (κ1) is 15.6. The lowest BCUT2D eigenvalue weighted by Gasteiger charge is -2.43. The molecule has 3 unspecified atom stereocenters. The van der Waals surface area contributed by atoms with E-state index in [0.29, 0.717) is 11.8 Å². The van der Waals surface area contributed by atoms with Crippen molar-refractivity contribution < 1.29 is 9.47 Å². The first-order valence-electron chi connectivity index (χ1n) is 9.11. The molecule has 24 heavy (non-hydrogen) atoms. The van der Waals surface area contributed by atoms with Gasteiger partial charge in [-0.1, -0.05) is 31.0 Å². The molecular weight excluding hydrogens is 296 g/mol. The Kier molecular flexibility index (Phi) is 4.22. The van der Waals surface area contributed by atoms with E-state index < -0.39 is 0 Å². The van der Waals surface area contributed by atoms with Crippen LogP contribution in [0.5, 0.6) is 11.5 Å². The highest BCUT2D eigenvalue weighted by molar-refractivity contribution is 5.43. The zero-order valence-electron chi connectivity index (χ0n) is 14.6. The molecule has 0 radical (unpaired) electrons. The summed E-state index contributed by atoms with van der Waals surface area (Å²) in [5.41, 5.74) is 4.52. The molecule has 0 bridgehead atoms. The van der Waals surface area contributed by atoms with Gasteiger partial charge in [-0.25, -0.2) is 0 Å². The van der Waals surface area contributed by atoms with Crippen LogP contribution in [-0.4, -0.2) is 14.2 Å². The highest BCUT2D eigenvalue weighted by atomic mass is 16.5. The Bertz CT molecular complexity index is 704. The van der Waals surface area contributed by atoms with Crippen LogP contribution in [0.15, 0.2) is 42.5 Å². The number of benzene rings is 2. The van der Waals surface area contributed by atoms with Crippen LogP contribution in [-0.2, 0) is 6.42 Å². The summed E-state index contributed by atoms with van der Waals surface area (Å²) in [5, 5.41) is 0. The second-order valence-electron chi connectivity index (χ2n) is 7.20. The smallest absolute Gasteiger partial charge is 0.119 e. The van der Waals surface area contributed by atoms with E-state index in [-0.39, 0.29) is 0 Å². The predicted octanol–water partition coefficient (Wildman–Crippen LogP) is 5.32. The van der Waals surface area contributed by atoms with Crippen molar-refractivity contribution in [3.63, 3.8) is 0 Å².